The molecule has 0 aliphatic heterocycles. The van der Waals surface area contributed by atoms with Gasteiger partial charge in [0.05, 0.1) is 13.1 Å². The van der Waals surface area contributed by atoms with Gasteiger partial charge in [-0.15, -0.1) is 0 Å². The second kappa shape index (κ2) is 7.68. The summed E-state index contributed by atoms with van der Waals surface area (Å²) in [4.78, 5) is 25.1. The van der Waals surface area contributed by atoms with E-state index in [-0.39, 0.29) is 11.6 Å². The summed E-state index contributed by atoms with van der Waals surface area (Å²) in [6.07, 6.45) is 0.304. The lowest BCUT2D eigenvalue weighted by Gasteiger charge is -2.14. The predicted molar refractivity (Wildman–Crippen MR) is 87.1 cm³/mol. The molecule has 98 valence electrons. The van der Waals surface area contributed by atoms with E-state index in [1.165, 1.54) is 7.06 Å². The van der Waals surface area contributed by atoms with Crippen molar-refractivity contribution in [2.75, 3.05) is 0 Å². The predicted octanol–water partition coefficient (Wildman–Crippen LogP) is 2.19. The van der Waals surface area contributed by atoms with E-state index in [1.807, 2.05) is 12.1 Å². The van der Waals surface area contributed by atoms with Crippen molar-refractivity contribution >= 4 is 33.5 Å². The SMILES string of the molecule is [B][B][B]CC(C(=O)c1ccccc1)C(=O)c1ccccc1. The molecular formula is C16H13B3O2. The van der Waals surface area contributed by atoms with Gasteiger partial charge in [-0.2, -0.15) is 0 Å². The number of hydrogen-bond acceptors (Lipinski definition) is 2. The van der Waals surface area contributed by atoms with Crippen LogP contribution in [0.2, 0.25) is 6.32 Å². The molecule has 5 heteroatoms. The van der Waals surface area contributed by atoms with Gasteiger partial charge in [0.2, 0.25) is 0 Å². The van der Waals surface area contributed by atoms with E-state index in [4.69, 9.17) is 7.74 Å². The first-order chi connectivity index (χ1) is 10.2. The Bertz CT molecular complexity index is 548. The van der Waals surface area contributed by atoms with E-state index >= 15 is 0 Å². The van der Waals surface area contributed by atoms with Crippen molar-refractivity contribution in [3.8, 4) is 0 Å². The van der Waals surface area contributed by atoms with E-state index in [1.54, 1.807) is 55.7 Å². The molecule has 0 unspecified atom stereocenters. The molecule has 0 saturated carbocycles. The Morgan fingerprint density at radius 2 is 1.29 bits per heavy atom. The molecule has 2 aromatic rings. The van der Waals surface area contributed by atoms with E-state index in [0.717, 1.165) is 0 Å². The summed E-state index contributed by atoms with van der Waals surface area (Å²) in [7, 11) is 8.36. The van der Waals surface area contributed by atoms with Gasteiger partial charge in [0.1, 0.15) is 0 Å². The number of rotatable bonds is 7. The van der Waals surface area contributed by atoms with E-state index in [2.05, 4.69) is 0 Å². The maximum Gasteiger partial charge on any atom is 0.172 e. The molecule has 0 saturated heterocycles. The zero-order valence-electron chi connectivity index (χ0n) is 11.6. The number of carbonyl (C=O) groups excluding carboxylic acids is 2. The molecule has 0 amide bonds. The average Bonchev–Trinajstić information content (AvgIpc) is 2.56. The second-order valence-electron chi connectivity index (χ2n) is 4.68. The molecule has 0 spiro atoms. The summed E-state index contributed by atoms with van der Waals surface area (Å²) in [5.74, 6) is -1.10. The highest BCUT2D eigenvalue weighted by atomic mass is 16.1. The lowest BCUT2D eigenvalue weighted by molar-refractivity contribution is 0.0821. The van der Waals surface area contributed by atoms with Crippen LogP contribution >= 0.6 is 0 Å². The highest BCUT2D eigenvalue weighted by molar-refractivity contribution is 7.23. The highest BCUT2D eigenvalue weighted by Crippen LogP contribution is 2.18. The summed E-state index contributed by atoms with van der Waals surface area (Å²) >= 11 is 0. The van der Waals surface area contributed by atoms with Crippen LogP contribution in [0, 0.1) is 5.92 Å². The molecule has 2 aromatic carbocycles. The van der Waals surface area contributed by atoms with Gasteiger partial charge in [-0.25, -0.2) is 0 Å². The van der Waals surface area contributed by atoms with E-state index in [9.17, 15) is 9.59 Å². The average molecular weight is 270 g/mol. The van der Waals surface area contributed by atoms with Crippen LogP contribution in [0.4, 0.5) is 0 Å². The van der Waals surface area contributed by atoms with Crippen LogP contribution in [-0.4, -0.2) is 33.5 Å². The summed E-state index contributed by atoms with van der Waals surface area (Å²) < 4.78 is 0. The third-order valence-corrected chi connectivity index (χ3v) is 3.26. The number of carbonyl (C=O) groups is 2. The van der Waals surface area contributed by atoms with Crippen molar-refractivity contribution in [1.29, 1.82) is 0 Å². The first-order valence-electron chi connectivity index (χ1n) is 6.79. The topological polar surface area (TPSA) is 34.1 Å². The Labute approximate surface area is 127 Å². The van der Waals surface area contributed by atoms with Crippen LogP contribution in [0.25, 0.3) is 0 Å². The van der Waals surface area contributed by atoms with Gasteiger partial charge in [-0.3, -0.25) is 9.59 Å². The molecular weight excluding hydrogens is 257 g/mol. The lowest BCUT2D eigenvalue weighted by atomic mass is 9.26. The molecule has 0 aliphatic rings. The fourth-order valence-electron chi connectivity index (χ4n) is 2.16. The van der Waals surface area contributed by atoms with Crippen LogP contribution in [0.5, 0.6) is 0 Å². The Hall–Kier alpha value is -2.03. The molecule has 0 fully saturated rings. The van der Waals surface area contributed by atoms with Gasteiger partial charge in [0.15, 0.2) is 11.6 Å². The molecule has 2 rings (SSSR count). The van der Waals surface area contributed by atoms with Gasteiger partial charge < -0.3 is 0 Å². The fraction of sp³-hybridized carbons (Fsp3) is 0.125. The molecule has 0 bridgehead atoms. The van der Waals surface area contributed by atoms with Crippen LogP contribution in [0.15, 0.2) is 60.7 Å². The highest BCUT2D eigenvalue weighted by Gasteiger charge is 2.27. The number of hydrogen-bond donors (Lipinski definition) is 0. The van der Waals surface area contributed by atoms with E-state index < -0.39 is 5.92 Å². The third kappa shape index (κ3) is 3.97. The van der Waals surface area contributed by atoms with Crippen molar-refractivity contribution < 1.29 is 9.59 Å². The Morgan fingerprint density at radius 3 is 1.67 bits per heavy atom. The maximum atomic E-state index is 12.6. The Balaban J connectivity index is 2.26. The van der Waals surface area contributed by atoms with Crippen molar-refractivity contribution in [3.05, 3.63) is 71.8 Å². The van der Waals surface area contributed by atoms with Crippen LogP contribution in [-0.2, 0) is 0 Å². The van der Waals surface area contributed by atoms with Crippen molar-refractivity contribution in [2.45, 2.75) is 6.32 Å². The van der Waals surface area contributed by atoms with Crippen LogP contribution in [0.1, 0.15) is 20.7 Å². The Kier molecular flexibility index (Phi) is 5.62. The molecule has 2 nitrogen and oxygen atoms in total. The van der Waals surface area contributed by atoms with Gasteiger partial charge in [0.25, 0.3) is 0 Å². The minimum Gasteiger partial charge on any atom is -0.293 e. The molecule has 0 N–H and O–H groups in total. The third-order valence-electron chi connectivity index (χ3n) is 3.26. The summed E-state index contributed by atoms with van der Waals surface area (Å²) in [5.41, 5.74) is 1.08. The van der Waals surface area contributed by atoms with Crippen LogP contribution < -0.4 is 0 Å². The largest absolute Gasteiger partial charge is 0.293 e. The first-order valence-corrected chi connectivity index (χ1v) is 6.79. The fourth-order valence-corrected chi connectivity index (χ4v) is 2.16. The molecule has 0 atom stereocenters. The summed E-state index contributed by atoms with van der Waals surface area (Å²) in [6.45, 7) is 0. The minimum absolute atomic E-state index is 0.178. The molecule has 21 heavy (non-hydrogen) atoms. The van der Waals surface area contributed by atoms with Crippen molar-refractivity contribution in [2.24, 2.45) is 5.92 Å². The summed E-state index contributed by atoms with van der Waals surface area (Å²) in [5, 5.41) is 0. The monoisotopic (exact) mass is 270 g/mol. The van der Waals surface area contributed by atoms with Gasteiger partial charge in [-0.1, -0.05) is 67.0 Å². The van der Waals surface area contributed by atoms with Crippen molar-refractivity contribution in [3.63, 3.8) is 0 Å². The van der Waals surface area contributed by atoms with Gasteiger partial charge >= 0.3 is 0 Å². The smallest absolute Gasteiger partial charge is 0.172 e. The van der Waals surface area contributed by atoms with E-state index in [0.29, 0.717) is 17.4 Å². The molecule has 0 heterocycles. The van der Waals surface area contributed by atoms with Crippen molar-refractivity contribution in [1.82, 2.24) is 0 Å². The zero-order chi connectivity index (χ0) is 15.1. The quantitative estimate of drug-likeness (QED) is 0.439. The van der Waals surface area contributed by atoms with Crippen LogP contribution in [0.3, 0.4) is 0 Å². The van der Waals surface area contributed by atoms with Gasteiger partial charge in [0, 0.05) is 25.9 Å². The molecule has 0 aromatic heterocycles. The first kappa shape index (κ1) is 15.4. The molecule has 0 aliphatic carbocycles. The van der Waals surface area contributed by atoms with Gasteiger partial charge in [-0.05, 0) is 0 Å². The second-order valence-corrected chi connectivity index (χ2v) is 4.68. The maximum absolute atomic E-state index is 12.6. The number of ketones is 2. The minimum atomic E-state index is -0.741. The normalized spacial score (nSPS) is 10.1. The standard InChI is InChI=1S/C16H13B3O2/c17-19-18-11-14(15(20)12-7-3-1-4-8-12)16(21)13-9-5-2-6-10-13/h1-10,14H,11H2. The number of benzene rings is 2. The summed E-state index contributed by atoms with van der Waals surface area (Å²) in [6, 6.07) is 17.7. The number of Topliss-reactive ketones (excluding diaryl/α,β-unsaturated/α-hetero) is 2. The Morgan fingerprint density at radius 1 is 0.857 bits per heavy atom. The molecule has 4 radical (unpaired) electrons. The zero-order valence-corrected chi connectivity index (χ0v) is 11.6. The lowest BCUT2D eigenvalue weighted by Crippen LogP contribution is -2.27.